The highest BCUT2D eigenvalue weighted by molar-refractivity contribution is 9.10. The van der Waals surface area contributed by atoms with E-state index in [1.807, 2.05) is 42.5 Å². The zero-order valence-electron chi connectivity index (χ0n) is 11.5. The number of Topliss-reactive ketones (excluding diaryl/α,β-unsaturated/α-hetero) is 1. The maximum atomic E-state index is 12.4. The molecule has 0 aromatic heterocycles. The summed E-state index contributed by atoms with van der Waals surface area (Å²) in [7, 11) is 0. The van der Waals surface area contributed by atoms with Crippen LogP contribution in [0.15, 0.2) is 53.0 Å². The zero-order chi connectivity index (χ0) is 15.0. The van der Waals surface area contributed by atoms with E-state index in [2.05, 4.69) is 15.9 Å². The summed E-state index contributed by atoms with van der Waals surface area (Å²) in [6, 6.07) is 14.9. The van der Waals surface area contributed by atoms with Crippen LogP contribution < -0.4 is 4.90 Å². The molecule has 3 nitrogen and oxygen atoms in total. The number of fused-ring (bicyclic) bond motifs is 1. The normalized spacial score (nSPS) is 17.5. The van der Waals surface area contributed by atoms with E-state index in [0.29, 0.717) is 17.7 Å². The average molecular weight is 344 g/mol. The third kappa shape index (κ3) is 2.51. The van der Waals surface area contributed by atoms with Crippen LogP contribution in [0.2, 0.25) is 0 Å². The molecule has 21 heavy (non-hydrogen) atoms. The van der Waals surface area contributed by atoms with Gasteiger partial charge in [0.1, 0.15) is 0 Å². The van der Waals surface area contributed by atoms with Crippen molar-refractivity contribution in [3.05, 3.63) is 64.1 Å². The van der Waals surface area contributed by atoms with Crippen LogP contribution in [0.25, 0.3) is 0 Å². The molecule has 2 aromatic carbocycles. The molecule has 0 N–H and O–H groups in total. The molecule has 0 spiro atoms. The molecule has 3 rings (SSSR count). The first-order valence-electron chi connectivity index (χ1n) is 6.75. The Morgan fingerprint density at radius 2 is 1.90 bits per heavy atom. The Labute approximate surface area is 131 Å². The molecule has 0 fully saturated rings. The Morgan fingerprint density at radius 1 is 1.19 bits per heavy atom. The second-order valence-corrected chi connectivity index (χ2v) is 6.02. The van der Waals surface area contributed by atoms with Gasteiger partial charge in [-0.3, -0.25) is 9.59 Å². The predicted octanol–water partition coefficient (Wildman–Crippen LogP) is 4.13. The highest BCUT2D eigenvalue weighted by Crippen LogP contribution is 2.39. The zero-order valence-corrected chi connectivity index (χ0v) is 13.1. The largest absolute Gasteiger partial charge is 0.304 e. The molecule has 4 heteroatoms. The van der Waals surface area contributed by atoms with E-state index in [1.54, 1.807) is 11.0 Å². The van der Waals surface area contributed by atoms with Crippen molar-refractivity contribution in [3.8, 4) is 0 Å². The number of rotatable bonds is 1. The molecule has 1 atom stereocenters. The molecule has 1 amide bonds. The summed E-state index contributed by atoms with van der Waals surface area (Å²) in [6.45, 7) is 1.54. The Hall–Kier alpha value is -1.94. The van der Waals surface area contributed by atoms with Crippen LogP contribution >= 0.6 is 15.9 Å². The van der Waals surface area contributed by atoms with Gasteiger partial charge < -0.3 is 4.90 Å². The Bertz CT molecular complexity index is 712. The molecule has 0 aliphatic carbocycles. The number of carbonyl (C=O) groups excluding carboxylic acids is 2. The van der Waals surface area contributed by atoms with Crippen LogP contribution in [-0.2, 0) is 4.79 Å². The van der Waals surface area contributed by atoms with Crippen molar-refractivity contribution in [2.24, 2.45) is 0 Å². The first-order valence-corrected chi connectivity index (χ1v) is 7.54. The predicted molar refractivity (Wildman–Crippen MR) is 85.4 cm³/mol. The quantitative estimate of drug-likeness (QED) is 0.780. The standard InChI is InChI=1S/C17H14BrNO2/c1-11(20)19-15(12-5-3-2-4-6-12)10-17(21)14-8-7-13(18)9-16(14)19/h2-9,15H,10H2,1H3. The molecule has 1 unspecified atom stereocenters. The molecule has 106 valence electrons. The Balaban J connectivity index is 2.16. The van der Waals surface area contributed by atoms with Crippen LogP contribution in [0.1, 0.15) is 35.3 Å². The molecule has 0 bridgehead atoms. The van der Waals surface area contributed by atoms with Crippen molar-refractivity contribution in [2.45, 2.75) is 19.4 Å². The average Bonchev–Trinajstić information content (AvgIpc) is 2.47. The van der Waals surface area contributed by atoms with E-state index in [1.165, 1.54) is 6.92 Å². The summed E-state index contributed by atoms with van der Waals surface area (Å²) < 4.78 is 0.856. The van der Waals surface area contributed by atoms with Gasteiger partial charge in [0.05, 0.1) is 11.7 Å². The third-order valence-electron chi connectivity index (χ3n) is 3.73. The molecule has 0 saturated heterocycles. The minimum absolute atomic E-state index is 0.0595. The van der Waals surface area contributed by atoms with E-state index in [4.69, 9.17) is 0 Å². The Morgan fingerprint density at radius 3 is 2.57 bits per heavy atom. The summed E-state index contributed by atoms with van der Waals surface area (Å²) in [5.74, 6) is 0.0135. The van der Waals surface area contributed by atoms with Gasteiger partial charge in [-0.1, -0.05) is 46.3 Å². The van der Waals surface area contributed by atoms with Gasteiger partial charge in [0, 0.05) is 23.4 Å². The topological polar surface area (TPSA) is 37.4 Å². The van der Waals surface area contributed by atoms with Gasteiger partial charge in [-0.15, -0.1) is 0 Å². The maximum Gasteiger partial charge on any atom is 0.224 e. The van der Waals surface area contributed by atoms with E-state index in [9.17, 15) is 9.59 Å². The second-order valence-electron chi connectivity index (χ2n) is 5.10. The number of benzene rings is 2. The number of hydrogen-bond acceptors (Lipinski definition) is 2. The fraction of sp³-hybridized carbons (Fsp3) is 0.176. The van der Waals surface area contributed by atoms with Crippen molar-refractivity contribution >= 4 is 33.3 Å². The third-order valence-corrected chi connectivity index (χ3v) is 4.23. The summed E-state index contributed by atoms with van der Waals surface area (Å²) in [5.41, 5.74) is 2.27. The van der Waals surface area contributed by atoms with Crippen molar-refractivity contribution < 1.29 is 9.59 Å². The van der Waals surface area contributed by atoms with Gasteiger partial charge in [0.2, 0.25) is 5.91 Å². The molecule has 0 radical (unpaired) electrons. The lowest BCUT2D eigenvalue weighted by atomic mass is 9.90. The summed E-state index contributed by atoms with van der Waals surface area (Å²) in [6.07, 6.45) is 0.318. The summed E-state index contributed by atoms with van der Waals surface area (Å²) in [5, 5.41) is 0. The van der Waals surface area contributed by atoms with Crippen molar-refractivity contribution in [2.75, 3.05) is 4.90 Å². The minimum atomic E-state index is -0.238. The van der Waals surface area contributed by atoms with Crippen LogP contribution in [0.3, 0.4) is 0 Å². The van der Waals surface area contributed by atoms with Gasteiger partial charge in [-0.05, 0) is 23.8 Å². The number of hydrogen-bond donors (Lipinski definition) is 0. The number of carbonyl (C=O) groups is 2. The van der Waals surface area contributed by atoms with Gasteiger partial charge in [-0.25, -0.2) is 0 Å². The van der Waals surface area contributed by atoms with Crippen LogP contribution in [0.4, 0.5) is 5.69 Å². The molecule has 2 aromatic rings. The smallest absolute Gasteiger partial charge is 0.224 e. The van der Waals surface area contributed by atoms with Gasteiger partial charge in [0.25, 0.3) is 0 Å². The number of amides is 1. The molecule has 1 aliphatic heterocycles. The maximum absolute atomic E-state index is 12.4. The summed E-state index contributed by atoms with van der Waals surface area (Å²) in [4.78, 5) is 26.3. The molecule has 0 saturated carbocycles. The van der Waals surface area contributed by atoms with E-state index >= 15 is 0 Å². The summed E-state index contributed by atoms with van der Waals surface area (Å²) >= 11 is 3.41. The van der Waals surface area contributed by atoms with Gasteiger partial charge >= 0.3 is 0 Å². The number of halogens is 1. The molecular weight excluding hydrogens is 330 g/mol. The van der Waals surface area contributed by atoms with E-state index < -0.39 is 0 Å². The number of anilines is 1. The first-order chi connectivity index (χ1) is 10.1. The van der Waals surface area contributed by atoms with Crippen LogP contribution in [0.5, 0.6) is 0 Å². The van der Waals surface area contributed by atoms with Crippen molar-refractivity contribution in [1.29, 1.82) is 0 Å². The monoisotopic (exact) mass is 343 g/mol. The minimum Gasteiger partial charge on any atom is -0.304 e. The van der Waals surface area contributed by atoms with Crippen molar-refractivity contribution in [1.82, 2.24) is 0 Å². The van der Waals surface area contributed by atoms with Gasteiger partial charge in [-0.2, -0.15) is 0 Å². The van der Waals surface area contributed by atoms with E-state index in [0.717, 1.165) is 10.0 Å². The van der Waals surface area contributed by atoms with Crippen molar-refractivity contribution in [3.63, 3.8) is 0 Å². The van der Waals surface area contributed by atoms with Gasteiger partial charge in [0.15, 0.2) is 5.78 Å². The lowest BCUT2D eigenvalue weighted by molar-refractivity contribution is -0.117. The number of ketones is 1. The van der Waals surface area contributed by atoms with Crippen LogP contribution in [-0.4, -0.2) is 11.7 Å². The Kier molecular flexibility index (Phi) is 3.64. The lowest BCUT2D eigenvalue weighted by Gasteiger charge is -2.36. The van der Waals surface area contributed by atoms with Crippen LogP contribution in [0, 0.1) is 0 Å². The SMILES string of the molecule is CC(=O)N1c2cc(Br)ccc2C(=O)CC1c1ccccc1. The molecule has 1 aliphatic rings. The number of nitrogens with zero attached hydrogens (tertiary/aromatic N) is 1. The molecule has 1 heterocycles. The lowest BCUT2D eigenvalue weighted by Crippen LogP contribution is -2.38. The first kappa shape index (κ1) is 14.0. The fourth-order valence-electron chi connectivity index (χ4n) is 2.82. The second kappa shape index (κ2) is 5.45. The van der Waals surface area contributed by atoms with E-state index in [-0.39, 0.29) is 17.7 Å². The highest BCUT2D eigenvalue weighted by Gasteiger charge is 2.34. The fourth-order valence-corrected chi connectivity index (χ4v) is 3.16. The molecular formula is C17H14BrNO2. The highest BCUT2D eigenvalue weighted by atomic mass is 79.9.